The van der Waals surface area contributed by atoms with Crippen LogP contribution in [0.4, 0.5) is 5.69 Å². The summed E-state index contributed by atoms with van der Waals surface area (Å²) in [5.74, 6) is 0.444. The number of fused-ring (bicyclic) bond motifs is 1. The summed E-state index contributed by atoms with van der Waals surface area (Å²) in [7, 11) is 0. The molecule has 3 aromatic rings. The standard InChI is InChI=1S/C28H29NO4/c1-2-32-27(30)13-8-18-29-19-25(24-11-6-7-12-26(24)29)28(31)22-14-16-23(17-15-22)33-20-21-9-4-3-5-10-21/h3-7,9-12,14-17,25H,2,8,13,18-20H2,1H3. The zero-order valence-electron chi connectivity index (χ0n) is 18.9. The topological polar surface area (TPSA) is 55.8 Å². The summed E-state index contributed by atoms with van der Waals surface area (Å²) in [6, 6.07) is 25.4. The third-order valence-electron chi connectivity index (χ3n) is 5.87. The van der Waals surface area contributed by atoms with Gasteiger partial charge in [0.25, 0.3) is 0 Å². The van der Waals surface area contributed by atoms with Crippen molar-refractivity contribution in [3.05, 3.63) is 95.6 Å². The lowest BCUT2D eigenvalue weighted by atomic mass is 9.92. The molecule has 0 amide bonds. The molecule has 33 heavy (non-hydrogen) atoms. The van der Waals surface area contributed by atoms with Gasteiger partial charge in [-0.2, -0.15) is 0 Å². The van der Waals surface area contributed by atoms with E-state index in [1.165, 1.54) is 0 Å². The third kappa shape index (κ3) is 5.61. The first-order valence-corrected chi connectivity index (χ1v) is 11.5. The summed E-state index contributed by atoms with van der Waals surface area (Å²) in [5.41, 5.74) is 3.89. The van der Waals surface area contributed by atoms with Crippen molar-refractivity contribution in [1.29, 1.82) is 0 Å². The number of hydrogen-bond donors (Lipinski definition) is 0. The highest BCUT2D eigenvalue weighted by atomic mass is 16.5. The molecule has 0 aliphatic carbocycles. The van der Waals surface area contributed by atoms with Crippen LogP contribution in [-0.2, 0) is 16.1 Å². The van der Waals surface area contributed by atoms with Gasteiger partial charge in [0.1, 0.15) is 12.4 Å². The third-order valence-corrected chi connectivity index (χ3v) is 5.87. The van der Waals surface area contributed by atoms with Crippen molar-refractivity contribution < 1.29 is 19.1 Å². The van der Waals surface area contributed by atoms with Crippen LogP contribution in [0, 0.1) is 0 Å². The monoisotopic (exact) mass is 443 g/mol. The van der Waals surface area contributed by atoms with Gasteiger partial charge >= 0.3 is 5.97 Å². The van der Waals surface area contributed by atoms with E-state index in [-0.39, 0.29) is 17.7 Å². The Hall–Kier alpha value is -3.60. The lowest BCUT2D eigenvalue weighted by Crippen LogP contribution is -2.26. The molecule has 4 rings (SSSR count). The van der Waals surface area contributed by atoms with E-state index in [0.29, 0.717) is 44.7 Å². The molecule has 1 aliphatic rings. The quantitative estimate of drug-likeness (QED) is 0.310. The highest BCUT2D eigenvalue weighted by Crippen LogP contribution is 2.38. The van der Waals surface area contributed by atoms with E-state index in [1.54, 1.807) is 0 Å². The van der Waals surface area contributed by atoms with Crippen LogP contribution in [0.2, 0.25) is 0 Å². The Morgan fingerprint density at radius 1 is 0.939 bits per heavy atom. The van der Waals surface area contributed by atoms with E-state index in [2.05, 4.69) is 4.90 Å². The summed E-state index contributed by atoms with van der Waals surface area (Å²) in [4.78, 5) is 27.2. The molecule has 5 nitrogen and oxygen atoms in total. The number of hydrogen-bond acceptors (Lipinski definition) is 5. The van der Waals surface area contributed by atoms with E-state index in [0.717, 1.165) is 22.6 Å². The number of esters is 1. The van der Waals surface area contributed by atoms with Crippen LogP contribution >= 0.6 is 0 Å². The normalized spacial score (nSPS) is 14.6. The smallest absolute Gasteiger partial charge is 0.305 e. The first-order chi connectivity index (χ1) is 16.2. The van der Waals surface area contributed by atoms with Gasteiger partial charge in [0.05, 0.1) is 12.5 Å². The van der Waals surface area contributed by atoms with Crippen molar-refractivity contribution in [2.75, 3.05) is 24.6 Å². The number of carbonyl (C=O) groups is 2. The largest absolute Gasteiger partial charge is 0.489 e. The number of anilines is 1. The summed E-state index contributed by atoms with van der Waals surface area (Å²) < 4.78 is 10.9. The van der Waals surface area contributed by atoms with Gasteiger partial charge in [-0.3, -0.25) is 9.59 Å². The van der Waals surface area contributed by atoms with Crippen LogP contribution in [0.3, 0.4) is 0 Å². The SMILES string of the molecule is CCOC(=O)CCCN1CC(C(=O)c2ccc(OCc3ccccc3)cc2)c2ccccc21. The van der Waals surface area contributed by atoms with Gasteiger partial charge in [-0.1, -0.05) is 48.5 Å². The van der Waals surface area contributed by atoms with Crippen LogP contribution in [-0.4, -0.2) is 31.4 Å². The van der Waals surface area contributed by atoms with E-state index >= 15 is 0 Å². The van der Waals surface area contributed by atoms with Gasteiger partial charge < -0.3 is 14.4 Å². The molecule has 0 radical (unpaired) electrons. The summed E-state index contributed by atoms with van der Waals surface area (Å²) >= 11 is 0. The molecular formula is C28H29NO4. The van der Waals surface area contributed by atoms with Crippen molar-refractivity contribution in [2.24, 2.45) is 0 Å². The minimum absolute atomic E-state index is 0.102. The Balaban J connectivity index is 1.39. The van der Waals surface area contributed by atoms with E-state index < -0.39 is 0 Å². The fourth-order valence-electron chi connectivity index (χ4n) is 4.23. The van der Waals surface area contributed by atoms with Crippen molar-refractivity contribution in [3.8, 4) is 5.75 Å². The first-order valence-electron chi connectivity index (χ1n) is 11.5. The van der Waals surface area contributed by atoms with E-state index in [4.69, 9.17) is 9.47 Å². The number of carbonyl (C=O) groups excluding carboxylic acids is 2. The number of benzene rings is 3. The van der Waals surface area contributed by atoms with Gasteiger partial charge in [-0.15, -0.1) is 0 Å². The van der Waals surface area contributed by atoms with Crippen LogP contribution in [0.15, 0.2) is 78.9 Å². The Bertz CT molecular complexity index is 1080. The minimum atomic E-state index is -0.222. The van der Waals surface area contributed by atoms with Gasteiger partial charge in [0.2, 0.25) is 0 Å². The Morgan fingerprint density at radius 3 is 2.42 bits per heavy atom. The van der Waals surface area contributed by atoms with Crippen molar-refractivity contribution >= 4 is 17.4 Å². The molecule has 1 aliphatic heterocycles. The highest BCUT2D eigenvalue weighted by molar-refractivity contribution is 6.03. The summed E-state index contributed by atoms with van der Waals surface area (Å²) in [6.45, 7) is 4.04. The van der Waals surface area contributed by atoms with Crippen LogP contribution in [0.5, 0.6) is 5.75 Å². The zero-order chi connectivity index (χ0) is 23.0. The molecule has 1 heterocycles. The van der Waals surface area contributed by atoms with Crippen molar-refractivity contribution in [1.82, 2.24) is 0 Å². The molecule has 1 unspecified atom stereocenters. The van der Waals surface area contributed by atoms with Gasteiger partial charge in [0.15, 0.2) is 5.78 Å². The molecule has 0 bridgehead atoms. The number of Topliss-reactive ketones (excluding diaryl/α,β-unsaturated/α-hetero) is 1. The Kier molecular flexibility index (Phi) is 7.40. The Morgan fingerprint density at radius 2 is 1.67 bits per heavy atom. The molecule has 1 atom stereocenters. The van der Waals surface area contributed by atoms with Gasteiger partial charge in [-0.05, 0) is 54.8 Å². The summed E-state index contributed by atoms with van der Waals surface area (Å²) in [5, 5.41) is 0. The Labute approximate surface area is 194 Å². The average Bonchev–Trinajstić information content (AvgIpc) is 3.22. The maximum atomic E-state index is 13.4. The van der Waals surface area contributed by atoms with Crippen LogP contribution in [0.1, 0.15) is 47.2 Å². The van der Waals surface area contributed by atoms with Gasteiger partial charge in [-0.25, -0.2) is 0 Å². The molecule has 0 N–H and O–H groups in total. The molecule has 170 valence electrons. The minimum Gasteiger partial charge on any atom is -0.489 e. The lowest BCUT2D eigenvalue weighted by Gasteiger charge is -2.19. The molecule has 0 saturated carbocycles. The number of ketones is 1. The second-order valence-corrected chi connectivity index (χ2v) is 8.13. The number of ether oxygens (including phenoxy) is 2. The van der Waals surface area contributed by atoms with Crippen LogP contribution in [0.25, 0.3) is 0 Å². The maximum Gasteiger partial charge on any atom is 0.305 e. The molecule has 0 spiro atoms. The van der Waals surface area contributed by atoms with Crippen molar-refractivity contribution in [3.63, 3.8) is 0 Å². The lowest BCUT2D eigenvalue weighted by molar-refractivity contribution is -0.143. The second kappa shape index (κ2) is 10.8. The molecule has 0 saturated heterocycles. The molecule has 3 aromatic carbocycles. The molecule has 5 heteroatoms. The average molecular weight is 444 g/mol. The fourth-order valence-corrected chi connectivity index (χ4v) is 4.23. The van der Waals surface area contributed by atoms with E-state index in [1.807, 2.05) is 85.8 Å². The first kappa shape index (κ1) is 22.6. The van der Waals surface area contributed by atoms with E-state index in [9.17, 15) is 9.59 Å². The highest BCUT2D eigenvalue weighted by Gasteiger charge is 2.33. The number of rotatable bonds is 10. The fraction of sp³-hybridized carbons (Fsp3) is 0.286. The maximum absolute atomic E-state index is 13.4. The predicted molar refractivity (Wildman–Crippen MR) is 129 cm³/mol. The van der Waals surface area contributed by atoms with Crippen LogP contribution < -0.4 is 9.64 Å². The van der Waals surface area contributed by atoms with Crippen molar-refractivity contribution in [2.45, 2.75) is 32.3 Å². The molecule has 0 aromatic heterocycles. The zero-order valence-corrected chi connectivity index (χ0v) is 18.9. The predicted octanol–water partition coefficient (Wildman–Crippen LogP) is 5.40. The number of nitrogens with zero attached hydrogens (tertiary/aromatic N) is 1. The number of para-hydroxylation sites is 1. The summed E-state index contributed by atoms with van der Waals surface area (Å²) in [6.07, 6.45) is 1.08. The molecular weight excluding hydrogens is 414 g/mol. The second-order valence-electron chi connectivity index (χ2n) is 8.13. The van der Waals surface area contributed by atoms with Gasteiger partial charge in [0, 0.05) is 30.8 Å². The molecule has 0 fully saturated rings.